The van der Waals surface area contributed by atoms with Crippen molar-refractivity contribution in [3.8, 4) is 0 Å². The highest BCUT2D eigenvalue weighted by Gasteiger charge is 2.28. The normalized spacial score (nSPS) is 20.5. The topological polar surface area (TPSA) is 91.9 Å². The Morgan fingerprint density at radius 1 is 1.42 bits per heavy atom. The van der Waals surface area contributed by atoms with Crippen molar-refractivity contribution in [2.45, 2.75) is 38.3 Å². The number of nitrogens with one attached hydrogen (secondary N) is 3. The van der Waals surface area contributed by atoms with E-state index >= 15 is 0 Å². The van der Waals surface area contributed by atoms with Crippen LogP contribution in [0.5, 0.6) is 0 Å². The van der Waals surface area contributed by atoms with E-state index in [1.807, 2.05) is 12.3 Å². The monoisotopic (exact) mass is 329 g/mol. The molecule has 3 N–H and O–H groups in total. The third-order valence-electron chi connectivity index (χ3n) is 4.17. The fourth-order valence-corrected chi connectivity index (χ4v) is 2.94. The molecule has 1 aliphatic rings. The Morgan fingerprint density at radius 2 is 2.33 bits per heavy atom. The first-order valence-electron chi connectivity index (χ1n) is 8.35. The number of hydrogen-bond acceptors (Lipinski definition) is 5. The van der Waals surface area contributed by atoms with Crippen molar-refractivity contribution in [3.63, 3.8) is 0 Å². The van der Waals surface area contributed by atoms with Gasteiger partial charge in [0, 0.05) is 24.7 Å². The van der Waals surface area contributed by atoms with Crippen LogP contribution in [-0.2, 0) is 11.2 Å². The van der Waals surface area contributed by atoms with Gasteiger partial charge in [0.05, 0.1) is 24.3 Å². The molecular formula is C17H23N5O2. The van der Waals surface area contributed by atoms with E-state index < -0.39 is 0 Å². The second kappa shape index (κ2) is 7.92. The Kier molecular flexibility index (Phi) is 5.43. The van der Waals surface area contributed by atoms with Gasteiger partial charge in [-0.05, 0) is 25.0 Å². The number of anilines is 1. The Balaban J connectivity index is 1.67. The van der Waals surface area contributed by atoms with Crippen LogP contribution >= 0.6 is 0 Å². The summed E-state index contributed by atoms with van der Waals surface area (Å²) in [4.78, 5) is 23.9. The van der Waals surface area contributed by atoms with E-state index in [1.54, 1.807) is 12.3 Å². The van der Waals surface area contributed by atoms with Gasteiger partial charge >= 0.3 is 0 Å². The maximum atomic E-state index is 12.6. The number of nitrogens with zero attached hydrogens (tertiary/aromatic N) is 2. The minimum atomic E-state index is -0.0407. The molecule has 1 saturated heterocycles. The zero-order valence-corrected chi connectivity index (χ0v) is 13.8. The maximum Gasteiger partial charge on any atom is 0.253 e. The molecule has 0 radical (unpaired) electrons. The van der Waals surface area contributed by atoms with Crippen molar-refractivity contribution in [2.24, 2.45) is 0 Å². The number of carbonyl (C=O) groups excluding carboxylic acids is 1. The van der Waals surface area contributed by atoms with Crippen LogP contribution in [0.25, 0.3) is 0 Å². The summed E-state index contributed by atoms with van der Waals surface area (Å²) >= 11 is 0. The van der Waals surface area contributed by atoms with E-state index in [0.717, 1.165) is 36.3 Å². The van der Waals surface area contributed by atoms with Crippen molar-refractivity contribution in [1.82, 2.24) is 20.3 Å². The summed E-state index contributed by atoms with van der Waals surface area (Å²) in [5.74, 6) is 0.689. The lowest BCUT2D eigenvalue weighted by Crippen LogP contribution is -2.52. The molecule has 1 amide bonds. The summed E-state index contributed by atoms with van der Waals surface area (Å²) < 4.78 is 5.56. The molecule has 2 aromatic heterocycles. The number of ether oxygens (including phenoxy) is 1. The molecule has 0 saturated carbocycles. The van der Waals surface area contributed by atoms with E-state index in [2.05, 4.69) is 32.5 Å². The molecule has 7 nitrogen and oxygen atoms in total. The van der Waals surface area contributed by atoms with E-state index in [1.165, 1.54) is 6.33 Å². The lowest BCUT2D eigenvalue weighted by atomic mass is 10.0. The summed E-state index contributed by atoms with van der Waals surface area (Å²) in [6.07, 6.45) is 7.63. The van der Waals surface area contributed by atoms with Gasteiger partial charge in [0.1, 0.15) is 12.1 Å². The number of rotatable bonds is 6. The van der Waals surface area contributed by atoms with Crippen molar-refractivity contribution in [2.75, 3.05) is 18.5 Å². The third kappa shape index (κ3) is 3.91. The molecule has 0 unspecified atom stereocenters. The molecule has 7 heteroatoms. The second-order valence-corrected chi connectivity index (χ2v) is 5.91. The zero-order chi connectivity index (χ0) is 16.8. The zero-order valence-electron chi connectivity index (χ0n) is 13.8. The molecule has 1 fully saturated rings. The summed E-state index contributed by atoms with van der Waals surface area (Å²) in [5.41, 5.74) is 1.71. The molecule has 1 aliphatic heterocycles. The highest BCUT2D eigenvalue weighted by molar-refractivity contribution is 5.95. The molecule has 3 rings (SSSR count). The van der Waals surface area contributed by atoms with Crippen LogP contribution in [0.4, 0.5) is 5.82 Å². The van der Waals surface area contributed by atoms with Crippen LogP contribution in [0.3, 0.4) is 0 Å². The average Bonchev–Trinajstić information content (AvgIpc) is 3.06. The van der Waals surface area contributed by atoms with Crippen LogP contribution in [-0.4, -0.2) is 46.2 Å². The van der Waals surface area contributed by atoms with E-state index in [0.29, 0.717) is 13.2 Å². The predicted molar refractivity (Wildman–Crippen MR) is 90.9 cm³/mol. The van der Waals surface area contributed by atoms with Crippen LogP contribution in [0.15, 0.2) is 30.9 Å². The minimum absolute atomic E-state index is 0.00871. The predicted octanol–water partition coefficient (Wildman–Crippen LogP) is 1.76. The van der Waals surface area contributed by atoms with Crippen molar-refractivity contribution < 1.29 is 9.53 Å². The van der Waals surface area contributed by atoms with Crippen LogP contribution in [0, 0.1) is 0 Å². The van der Waals surface area contributed by atoms with Gasteiger partial charge in [-0.25, -0.2) is 9.97 Å². The molecular weight excluding hydrogens is 306 g/mol. The third-order valence-corrected chi connectivity index (χ3v) is 4.17. The standard InChI is InChI=1S/C17H23N5O2/c1-2-3-13-12(4-8-19-13)17(23)22-14-6-9-24-10-15(14)21-16-5-7-18-11-20-16/h4-5,7-8,11,14-15,19H,2-3,6,9-10H2,1H3,(H,22,23)(H,18,20,21)/t14-,15+/m0/s1. The van der Waals surface area contributed by atoms with Gasteiger partial charge in [0.15, 0.2) is 0 Å². The molecule has 0 aromatic carbocycles. The van der Waals surface area contributed by atoms with E-state index in [4.69, 9.17) is 4.74 Å². The number of hydrogen-bond donors (Lipinski definition) is 3. The summed E-state index contributed by atoms with van der Waals surface area (Å²) in [7, 11) is 0. The number of H-pyrrole nitrogens is 1. The Labute approximate surface area is 141 Å². The van der Waals surface area contributed by atoms with Crippen molar-refractivity contribution in [1.29, 1.82) is 0 Å². The Hall–Kier alpha value is -2.41. The molecule has 3 heterocycles. The van der Waals surface area contributed by atoms with Crippen LogP contribution in [0.2, 0.25) is 0 Å². The van der Waals surface area contributed by atoms with Crippen molar-refractivity contribution >= 4 is 11.7 Å². The Bertz CT molecular complexity index is 658. The first-order chi connectivity index (χ1) is 11.8. The fourth-order valence-electron chi connectivity index (χ4n) is 2.94. The molecule has 2 atom stereocenters. The van der Waals surface area contributed by atoms with Crippen LogP contribution < -0.4 is 10.6 Å². The largest absolute Gasteiger partial charge is 0.379 e. The number of amides is 1. The lowest BCUT2D eigenvalue weighted by molar-refractivity contribution is 0.0619. The maximum absolute atomic E-state index is 12.6. The van der Waals surface area contributed by atoms with Crippen LogP contribution in [0.1, 0.15) is 35.8 Å². The van der Waals surface area contributed by atoms with Gasteiger partial charge in [-0.15, -0.1) is 0 Å². The second-order valence-electron chi connectivity index (χ2n) is 5.91. The van der Waals surface area contributed by atoms with Gasteiger partial charge in [-0.1, -0.05) is 13.3 Å². The summed E-state index contributed by atoms with van der Waals surface area (Å²) in [5, 5.41) is 6.47. The van der Waals surface area contributed by atoms with Gasteiger partial charge in [0.2, 0.25) is 0 Å². The molecule has 2 aromatic rings. The quantitative estimate of drug-likeness (QED) is 0.751. The Morgan fingerprint density at radius 3 is 3.12 bits per heavy atom. The highest BCUT2D eigenvalue weighted by Crippen LogP contribution is 2.15. The first kappa shape index (κ1) is 16.4. The smallest absolute Gasteiger partial charge is 0.253 e. The number of aromatic nitrogens is 3. The summed E-state index contributed by atoms with van der Waals surface area (Å²) in [6.45, 7) is 3.27. The van der Waals surface area contributed by atoms with E-state index in [-0.39, 0.29) is 18.0 Å². The van der Waals surface area contributed by atoms with E-state index in [9.17, 15) is 4.79 Å². The molecule has 128 valence electrons. The minimum Gasteiger partial charge on any atom is -0.379 e. The van der Waals surface area contributed by atoms with Crippen molar-refractivity contribution in [3.05, 3.63) is 42.1 Å². The molecule has 0 aliphatic carbocycles. The molecule has 0 bridgehead atoms. The molecule has 24 heavy (non-hydrogen) atoms. The SMILES string of the molecule is CCCc1[nH]ccc1C(=O)N[C@H]1CCOC[C@H]1Nc1ccncn1. The average molecular weight is 329 g/mol. The molecule has 0 spiro atoms. The van der Waals surface area contributed by atoms with Gasteiger partial charge in [-0.3, -0.25) is 4.79 Å². The first-order valence-corrected chi connectivity index (χ1v) is 8.35. The lowest BCUT2D eigenvalue weighted by Gasteiger charge is -2.33. The van der Waals surface area contributed by atoms with Gasteiger partial charge in [-0.2, -0.15) is 0 Å². The number of aryl methyl sites for hydroxylation is 1. The van der Waals surface area contributed by atoms with Gasteiger partial charge < -0.3 is 20.4 Å². The fraction of sp³-hybridized carbons (Fsp3) is 0.471. The highest BCUT2D eigenvalue weighted by atomic mass is 16.5. The number of aromatic amines is 1. The summed E-state index contributed by atoms with van der Waals surface area (Å²) in [6, 6.07) is 3.61. The van der Waals surface area contributed by atoms with Gasteiger partial charge in [0.25, 0.3) is 5.91 Å². The number of carbonyl (C=O) groups is 1.